The number of hydrogen-bond donors (Lipinski definition) is 1. The summed E-state index contributed by atoms with van der Waals surface area (Å²) < 4.78 is 10.9. The number of carbonyl (C=O) groups excluding carboxylic acids is 1. The largest absolute Gasteiger partial charge is 0.468 e. The second-order valence-electron chi connectivity index (χ2n) is 6.80. The maximum Gasteiger partial charge on any atom is 0.238 e. The lowest BCUT2D eigenvalue weighted by atomic mass is 10.1. The first kappa shape index (κ1) is 18.8. The fraction of sp³-hybridized carbons (Fsp3) is 0.125. The molecule has 4 rings (SSSR count). The summed E-state index contributed by atoms with van der Waals surface area (Å²) in [4.78, 5) is 14.6. The van der Waals surface area contributed by atoms with E-state index in [4.69, 9.17) is 8.83 Å². The molecule has 0 saturated carbocycles. The minimum atomic E-state index is -0.0874. The molecular weight excluding hydrogens is 364 g/mol. The van der Waals surface area contributed by atoms with Gasteiger partial charge in [-0.2, -0.15) is 0 Å². The Balaban J connectivity index is 1.39. The Morgan fingerprint density at radius 1 is 0.724 bits per heavy atom. The van der Waals surface area contributed by atoms with Crippen LogP contribution in [0.25, 0.3) is 11.1 Å². The van der Waals surface area contributed by atoms with Crippen molar-refractivity contribution in [1.29, 1.82) is 0 Å². The van der Waals surface area contributed by atoms with E-state index >= 15 is 0 Å². The number of nitrogens with zero attached hydrogens (tertiary/aromatic N) is 1. The number of furan rings is 2. The van der Waals surface area contributed by atoms with E-state index in [1.807, 2.05) is 71.6 Å². The third-order valence-corrected chi connectivity index (χ3v) is 4.56. The van der Waals surface area contributed by atoms with Gasteiger partial charge in [0.2, 0.25) is 5.91 Å². The van der Waals surface area contributed by atoms with Gasteiger partial charge in [-0.05, 0) is 47.5 Å². The van der Waals surface area contributed by atoms with Gasteiger partial charge in [-0.3, -0.25) is 9.69 Å². The predicted octanol–water partition coefficient (Wildman–Crippen LogP) is 5.18. The maximum atomic E-state index is 12.6. The van der Waals surface area contributed by atoms with Gasteiger partial charge in [0.25, 0.3) is 0 Å². The molecule has 0 aliphatic heterocycles. The van der Waals surface area contributed by atoms with Gasteiger partial charge in [0.15, 0.2) is 0 Å². The zero-order chi connectivity index (χ0) is 19.9. The molecular formula is C24H22N2O3. The van der Waals surface area contributed by atoms with Gasteiger partial charge < -0.3 is 14.2 Å². The minimum Gasteiger partial charge on any atom is -0.468 e. The molecule has 4 aromatic rings. The summed E-state index contributed by atoms with van der Waals surface area (Å²) in [6, 6.07) is 25.5. The minimum absolute atomic E-state index is 0.0874. The molecule has 1 amide bonds. The monoisotopic (exact) mass is 386 g/mol. The van der Waals surface area contributed by atoms with Crippen molar-refractivity contribution in [3.8, 4) is 11.1 Å². The van der Waals surface area contributed by atoms with Gasteiger partial charge in [0.1, 0.15) is 11.5 Å². The molecule has 0 unspecified atom stereocenters. The Kier molecular flexibility index (Phi) is 5.88. The molecule has 2 heterocycles. The summed E-state index contributed by atoms with van der Waals surface area (Å²) in [6.07, 6.45) is 3.27. The first-order chi connectivity index (χ1) is 14.3. The van der Waals surface area contributed by atoms with Crippen LogP contribution in [-0.4, -0.2) is 17.4 Å². The van der Waals surface area contributed by atoms with E-state index in [2.05, 4.69) is 17.4 Å². The molecule has 2 aromatic carbocycles. The average molecular weight is 386 g/mol. The first-order valence-corrected chi connectivity index (χ1v) is 9.49. The Morgan fingerprint density at radius 3 is 1.86 bits per heavy atom. The van der Waals surface area contributed by atoms with Crippen LogP contribution >= 0.6 is 0 Å². The van der Waals surface area contributed by atoms with Gasteiger partial charge in [-0.1, -0.05) is 42.5 Å². The molecule has 0 radical (unpaired) electrons. The van der Waals surface area contributed by atoms with Gasteiger partial charge in [0, 0.05) is 5.69 Å². The molecule has 0 aliphatic rings. The highest BCUT2D eigenvalue weighted by molar-refractivity contribution is 5.92. The number of benzene rings is 2. The number of rotatable bonds is 8. The van der Waals surface area contributed by atoms with Gasteiger partial charge in [0.05, 0.1) is 32.2 Å². The topological polar surface area (TPSA) is 58.6 Å². The predicted molar refractivity (Wildman–Crippen MR) is 112 cm³/mol. The summed E-state index contributed by atoms with van der Waals surface area (Å²) >= 11 is 0. The molecule has 5 nitrogen and oxygen atoms in total. The van der Waals surface area contributed by atoms with Crippen LogP contribution in [0.3, 0.4) is 0 Å². The zero-order valence-electron chi connectivity index (χ0n) is 16.0. The summed E-state index contributed by atoms with van der Waals surface area (Å²) in [6.45, 7) is 1.27. The summed E-state index contributed by atoms with van der Waals surface area (Å²) in [5.41, 5.74) is 3.03. The Labute approximate surface area is 169 Å². The molecule has 146 valence electrons. The van der Waals surface area contributed by atoms with Crippen molar-refractivity contribution in [3.63, 3.8) is 0 Å². The van der Waals surface area contributed by atoms with Gasteiger partial charge in [-0.25, -0.2) is 0 Å². The highest BCUT2D eigenvalue weighted by Gasteiger charge is 2.15. The summed E-state index contributed by atoms with van der Waals surface area (Å²) in [7, 11) is 0. The number of carbonyl (C=O) groups is 1. The maximum absolute atomic E-state index is 12.6. The molecule has 29 heavy (non-hydrogen) atoms. The van der Waals surface area contributed by atoms with Crippen LogP contribution in [0.1, 0.15) is 11.5 Å². The van der Waals surface area contributed by atoms with Crippen LogP contribution in [0.15, 0.2) is 100 Å². The second kappa shape index (κ2) is 9.08. The molecule has 0 spiro atoms. The van der Waals surface area contributed by atoms with Crippen molar-refractivity contribution in [1.82, 2.24) is 4.90 Å². The summed E-state index contributed by atoms with van der Waals surface area (Å²) in [5, 5.41) is 2.97. The molecule has 0 fully saturated rings. The molecule has 5 heteroatoms. The average Bonchev–Trinajstić information content (AvgIpc) is 3.43. The molecule has 2 aromatic heterocycles. The Morgan fingerprint density at radius 2 is 1.31 bits per heavy atom. The molecule has 0 aliphatic carbocycles. The fourth-order valence-corrected chi connectivity index (χ4v) is 3.19. The zero-order valence-corrected chi connectivity index (χ0v) is 16.0. The quantitative estimate of drug-likeness (QED) is 0.453. The van der Waals surface area contributed by atoms with E-state index in [0.717, 1.165) is 28.3 Å². The van der Waals surface area contributed by atoms with Crippen LogP contribution in [-0.2, 0) is 17.9 Å². The van der Waals surface area contributed by atoms with Crippen molar-refractivity contribution in [2.24, 2.45) is 0 Å². The van der Waals surface area contributed by atoms with Crippen LogP contribution in [0.5, 0.6) is 0 Å². The third kappa shape index (κ3) is 5.24. The van der Waals surface area contributed by atoms with Crippen LogP contribution in [0, 0.1) is 0 Å². The van der Waals surface area contributed by atoms with Crippen molar-refractivity contribution in [3.05, 3.63) is 103 Å². The van der Waals surface area contributed by atoms with E-state index < -0.39 is 0 Å². The molecule has 0 saturated heterocycles. The Bertz CT molecular complexity index is 972. The van der Waals surface area contributed by atoms with E-state index in [1.54, 1.807) is 12.5 Å². The molecule has 0 bridgehead atoms. The van der Waals surface area contributed by atoms with Crippen LogP contribution in [0.2, 0.25) is 0 Å². The van der Waals surface area contributed by atoms with Crippen molar-refractivity contribution in [2.45, 2.75) is 13.1 Å². The van der Waals surface area contributed by atoms with Gasteiger partial charge in [-0.15, -0.1) is 0 Å². The Hall–Kier alpha value is -3.57. The summed E-state index contributed by atoms with van der Waals surface area (Å²) in [5.74, 6) is 1.52. The molecule has 0 atom stereocenters. The van der Waals surface area contributed by atoms with E-state index in [1.165, 1.54) is 0 Å². The van der Waals surface area contributed by atoms with E-state index in [-0.39, 0.29) is 12.5 Å². The SMILES string of the molecule is O=C(CN(Cc1ccco1)Cc1ccco1)Nc1ccc(-c2ccccc2)cc1. The lowest BCUT2D eigenvalue weighted by molar-refractivity contribution is -0.117. The standard InChI is InChI=1S/C24H22N2O3/c27-24(25-21-12-10-20(11-13-21)19-6-2-1-3-7-19)18-26(16-22-8-4-14-28-22)17-23-9-5-15-29-23/h1-15H,16-18H2,(H,25,27). The number of hydrogen-bond acceptors (Lipinski definition) is 4. The smallest absolute Gasteiger partial charge is 0.238 e. The number of nitrogens with one attached hydrogen (secondary N) is 1. The second-order valence-corrected chi connectivity index (χ2v) is 6.80. The first-order valence-electron chi connectivity index (χ1n) is 9.49. The molecule has 1 N–H and O–H groups in total. The highest BCUT2D eigenvalue weighted by Crippen LogP contribution is 2.21. The van der Waals surface area contributed by atoms with Crippen LogP contribution in [0.4, 0.5) is 5.69 Å². The number of amides is 1. The van der Waals surface area contributed by atoms with Crippen molar-refractivity contribution < 1.29 is 13.6 Å². The van der Waals surface area contributed by atoms with E-state index in [0.29, 0.717) is 13.1 Å². The van der Waals surface area contributed by atoms with Crippen molar-refractivity contribution in [2.75, 3.05) is 11.9 Å². The van der Waals surface area contributed by atoms with Crippen molar-refractivity contribution >= 4 is 11.6 Å². The third-order valence-electron chi connectivity index (χ3n) is 4.56. The van der Waals surface area contributed by atoms with Gasteiger partial charge >= 0.3 is 0 Å². The number of anilines is 1. The van der Waals surface area contributed by atoms with Crippen LogP contribution < -0.4 is 5.32 Å². The lowest BCUT2D eigenvalue weighted by Crippen LogP contribution is -2.32. The lowest BCUT2D eigenvalue weighted by Gasteiger charge is -2.19. The fourth-order valence-electron chi connectivity index (χ4n) is 3.19. The highest BCUT2D eigenvalue weighted by atomic mass is 16.3. The normalized spacial score (nSPS) is 10.9. The van der Waals surface area contributed by atoms with E-state index in [9.17, 15) is 4.79 Å².